The molecule has 0 aliphatic carbocycles. The van der Waals surface area contributed by atoms with Gasteiger partial charge in [-0.25, -0.2) is 4.99 Å². The Bertz CT molecular complexity index is 766. The van der Waals surface area contributed by atoms with E-state index in [9.17, 15) is 9.59 Å². The number of thioether (sulfide) groups is 2. The SMILES string of the molecule is Cc1ccccc1N=C1SCCN1C(=O)C1CSC2(C)CCC(=O)N12. The molecular weight excluding hydrogens is 354 g/mol. The first-order chi connectivity index (χ1) is 12.0. The number of hydrogen-bond acceptors (Lipinski definition) is 5. The Kier molecular flexibility index (Phi) is 4.32. The first-order valence-electron chi connectivity index (χ1n) is 8.54. The number of hydrogen-bond donors (Lipinski definition) is 0. The van der Waals surface area contributed by atoms with Gasteiger partial charge in [-0.1, -0.05) is 30.0 Å². The molecule has 4 rings (SSSR count). The number of fused-ring (bicyclic) bond motifs is 1. The normalized spacial score (nSPS) is 30.4. The van der Waals surface area contributed by atoms with E-state index in [1.807, 2.05) is 36.1 Å². The highest BCUT2D eigenvalue weighted by Crippen LogP contribution is 2.47. The molecule has 2 amide bonds. The molecular formula is C18H21N3O2S2. The van der Waals surface area contributed by atoms with E-state index in [2.05, 4.69) is 6.92 Å². The largest absolute Gasteiger partial charge is 0.315 e. The van der Waals surface area contributed by atoms with E-state index in [0.29, 0.717) is 18.7 Å². The summed E-state index contributed by atoms with van der Waals surface area (Å²) in [4.78, 5) is 33.6. The van der Waals surface area contributed by atoms with E-state index < -0.39 is 0 Å². The Morgan fingerprint density at radius 1 is 1.36 bits per heavy atom. The monoisotopic (exact) mass is 375 g/mol. The molecule has 3 saturated heterocycles. The number of carbonyl (C=O) groups is 2. The molecule has 1 aromatic carbocycles. The van der Waals surface area contributed by atoms with Crippen molar-refractivity contribution < 1.29 is 9.59 Å². The number of para-hydroxylation sites is 1. The molecule has 5 nitrogen and oxygen atoms in total. The topological polar surface area (TPSA) is 53.0 Å². The third-order valence-corrected chi connectivity index (χ3v) is 7.57. The zero-order chi connectivity index (χ0) is 17.6. The van der Waals surface area contributed by atoms with Crippen molar-refractivity contribution in [2.45, 2.75) is 37.6 Å². The highest BCUT2D eigenvalue weighted by Gasteiger charge is 2.54. The second-order valence-electron chi connectivity index (χ2n) is 6.78. The molecule has 3 fully saturated rings. The quantitative estimate of drug-likeness (QED) is 0.797. The minimum absolute atomic E-state index is 0.0174. The van der Waals surface area contributed by atoms with Crippen LogP contribution in [0.4, 0.5) is 5.69 Å². The van der Waals surface area contributed by atoms with Crippen molar-refractivity contribution in [2.24, 2.45) is 4.99 Å². The molecule has 3 aliphatic heterocycles. The Hall–Kier alpha value is -1.47. The van der Waals surface area contributed by atoms with Gasteiger partial charge in [-0.3, -0.25) is 14.5 Å². The minimum Gasteiger partial charge on any atom is -0.315 e. The summed E-state index contributed by atoms with van der Waals surface area (Å²) in [6, 6.07) is 7.58. The molecule has 0 saturated carbocycles. The van der Waals surface area contributed by atoms with Crippen LogP contribution < -0.4 is 0 Å². The summed E-state index contributed by atoms with van der Waals surface area (Å²) in [7, 11) is 0. The summed E-state index contributed by atoms with van der Waals surface area (Å²) < 4.78 is 0. The number of nitrogens with zero attached hydrogens (tertiary/aromatic N) is 3. The number of amides is 2. The van der Waals surface area contributed by atoms with E-state index in [-0.39, 0.29) is 22.7 Å². The molecule has 25 heavy (non-hydrogen) atoms. The molecule has 3 heterocycles. The Morgan fingerprint density at radius 3 is 2.96 bits per heavy atom. The maximum absolute atomic E-state index is 13.2. The smallest absolute Gasteiger partial charge is 0.252 e. The van der Waals surface area contributed by atoms with E-state index in [4.69, 9.17) is 4.99 Å². The fourth-order valence-electron chi connectivity index (χ4n) is 3.67. The average molecular weight is 376 g/mol. The molecule has 2 unspecified atom stereocenters. The van der Waals surface area contributed by atoms with Crippen LogP contribution in [0.25, 0.3) is 0 Å². The summed E-state index contributed by atoms with van der Waals surface area (Å²) in [5.74, 6) is 1.65. The van der Waals surface area contributed by atoms with E-state index in [0.717, 1.165) is 28.6 Å². The standard InChI is InChI=1S/C18H21N3O2S2/c1-12-5-3-4-6-13(12)19-17-20(9-10-24-17)16(23)14-11-25-18(2)8-7-15(22)21(14)18/h3-6,14H,7-11H2,1-2H3. The zero-order valence-corrected chi connectivity index (χ0v) is 16.0. The predicted octanol–water partition coefficient (Wildman–Crippen LogP) is 3.01. The number of rotatable bonds is 2. The van der Waals surface area contributed by atoms with Gasteiger partial charge in [0.1, 0.15) is 6.04 Å². The number of carbonyl (C=O) groups excluding carboxylic acids is 2. The van der Waals surface area contributed by atoms with Crippen LogP contribution in [0.1, 0.15) is 25.3 Å². The minimum atomic E-state index is -0.356. The summed E-state index contributed by atoms with van der Waals surface area (Å²) in [6.45, 7) is 4.76. The van der Waals surface area contributed by atoms with Gasteiger partial charge in [-0.15, -0.1) is 11.8 Å². The lowest BCUT2D eigenvalue weighted by molar-refractivity contribution is -0.141. The number of amidine groups is 1. The van der Waals surface area contributed by atoms with Gasteiger partial charge in [0.25, 0.3) is 5.91 Å². The number of aryl methyl sites for hydroxylation is 1. The van der Waals surface area contributed by atoms with Gasteiger partial charge in [-0.2, -0.15) is 0 Å². The maximum atomic E-state index is 13.2. The molecule has 0 radical (unpaired) electrons. The molecule has 0 bridgehead atoms. The van der Waals surface area contributed by atoms with Crippen LogP contribution in [0.15, 0.2) is 29.3 Å². The molecule has 0 aromatic heterocycles. The number of aliphatic imine (C=N–C) groups is 1. The fraction of sp³-hybridized carbons (Fsp3) is 0.500. The highest BCUT2D eigenvalue weighted by molar-refractivity contribution is 8.14. The van der Waals surface area contributed by atoms with Crippen LogP contribution in [-0.2, 0) is 9.59 Å². The van der Waals surface area contributed by atoms with E-state index in [1.165, 1.54) is 0 Å². The Morgan fingerprint density at radius 2 is 2.16 bits per heavy atom. The zero-order valence-electron chi connectivity index (χ0n) is 14.4. The van der Waals surface area contributed by atoms with Gasteiger partial charge >= 0.3 is 0 Å². The maximum Gasteiger partial charge on any atom is 0.252 e. The fourth-order valence-corrected chi connectivity index (χ4v) is 6.05. The van der Waals surface area contributed by atoms with Crippen LogP contribution in [0.3, 0.4) is 0 Å². The second kappa shape index (κ2) is 6.36. The lowest BCUT2D eigenvalue weighted by Gasteiger charge is -2.31. The van der Waals surface area contributed by atoms with Crippen LogP contribution in [0.5, 0.6) is 0 Å². The molecule has 2 atom stereocenters. The molecule has 1 aromatic rings. The Balaban J connectivity index is 1.60. The van der Waals surface area contributed by atoms with E-state index >= 15 is 0 Å². The van der Waals surface area contributed by atoms with Gasteiger partial charge in [0.15, 0.2) is 5.17 Å². The van der Waals surface area contributed by atoms with Gasteiger partial charge < -0.3 is 4.90 Å². The predicted molar refractivity (Wildman–Crippen MR) is 103 cm³/mol. The summed E-state index contributed by atoms with van der Waals surface area (Å²) in [6.07, 6.45) is 1.38. The van der Waals surface area contributed by atoms with Crippen molar-refractivity contribution in [3.63, 3.8) is 0 Å². The molecule has 132 valence electrons. The first-order valence-corrected chi connectivity index (χ1v) is 10.5. The van der Waals surface area contributed by atoms with Crippen molar-refractivity contribution in [1.82, 2.24) is 9.80 Å². The lowest BCUT2D eigenvalue weighted by atomic mass is 10.2. The third-order valence-electron chi connectivity index (χ3n) is 5.10. The van der Waals surface area contributed by atoms with Crippen molar-refractivity contribution in [1.29, 1.82) is 0 Å². The molecule has 3 aliphatic rings. The van der Waals surface area contributed by atoms with Crippen molar-refractivity contribution >= 4 is 46.2 Å². The van der Waals surface area contributed by atoms with Gasteiger partial charge in [0.05, 0.1) is 10.6 Å². The van der Waals surface area contributed by atoms with Gasteiger partial charge in [0, 0.05) is 24.5 Å². The van der Waals surface area contributed by atoms with Crippen molar-refractivity contribution in [3.05, 3.63) is 29.8 Å². The van der Waals surface area contributed by atoms with Crippen LogP contribution in [0.2, 0.25) is 0 Å². The Labute approximate surface area is 156 Å². The lowest BCUT2D eigenvalue weighted by Crippen LogP contribution is -2.51. The molecule has 0 spiro atoms. The van der Waals surface area contributed by atoms with E-state index in [1.54, 1.807) is 28.4 Å². The summed E-state index contributed by atoms with van der Waals surface area (Å²) in [5, 5.41) is 0.754. The van der Waals surface area contributed by atoms with Gasteiger partial charge in [0.2, 0.25) is 5.91 Å². The third kappa shape index (κ3) is 2.87. The second-order valence-corrected chi connectivity index (χ2v) is 9.35. The summed E-state index contributed by atoms with van der Waals surface area (Å²) >= 11 is 3.34. The van der Waals surface area contributed by atoms with Crippen LogP contribution >= 0.6 is 23.5 Å². The van der Waals surface area contributed by atoms with Crippen molar-refractivity contribution in [3.8, 4) is 0 Å². The molecule has 0 N–H and O–H groups in total. The number of benzene rings is 1. The van der Waals surface area contributed by atoms with Crippen LogP contribution in [-0.4, -0.2) is 55.7 Å². The highest BCUT2D eigenvalue weighted by atomic mass is 32.2. The van der Waals surface area contributed by atoms with Crippen LogP contribution in [0, 0.1) is 6.92 Å². The molecule has 7 heteroatoms. The average Bonchev–Trinajstić information content (AvgIpc) is 3.26. The van der Waals surface area contributed by atoms with Crippen molar-refractivity contribution in [2.75, 3.05) is 18.1 Å². The summed E-state index contributed by atoms with van der Waals surface area (Å²) in [5.41, 5.74) is 1.99. The first kappa shape index (κ1) is 17.0. The van der Waals surface area contributed by atoms with Gasteiger partial charge in [-0.05, 0) is 31.9 Å².